The quantitative estimate of drug-likeness (QED) is 0.843. The summed E-state index contributed by atoms with van der Waals surface area (Å²) in [5, 5.41) is 3.05. The van der Waals surface area contributed by atoms with Gasteiger partial charge in [0.1, 0.15) is 6.10 Å². The summed E-state index contributed by atoms with van der Waals surface area (Å²) >= 11 is 0. The van der Waals surface area contributed by atoms with Crippen LogP contribution < -0.4 is 19.7 Å². The van der Waals surface area contributed by atoms with Gasteiger partial charge in [0.15, 0.2) is 11.5 Å². The minimum atomic E-state index is -0.632. The van der Waals surface area contributed by atoms with Gasteiger partial charge >= 0.3 is 0 Å². The van der Waals surface area contributed by atoms with E-state index in [2.05, 4.69) is 46.3 Å². The Morgan fingerprint density at radius 3 is 2.31 bits per heavy atom. The molecule has 6 heteroatoms. The van der Waals surface area contributed by atoms with Gasteiger partial charge in [-0.3, -0.25) is 9.69 Å². The first kappa shape index (κ1) is 19.6. The van der Waals surface area contributed by atoms with Gasteiger partial charge in [-0.1, -0.05) is 30.3 Å². The van der Waals surface area contributed by atoms with Crippen LogP contribution in [0.2, 0.25) is 0 Å². The highest BCUT2D eigenvalue weighted by Crippen LogP contribution is 2.33. The second-order valence-electron chi connectivity index (χ2n) is 7.76. The van der Waals surface area contributed by atoms with Crippen LogP contribution in [0.3, 0.4) is 0 Å². The minimum Gasteiger partial charge on any atom is -0.482 e. The molecule has 4 rings (SSSR count). The van der Waals surface area contributed by atoms with Crippen LogP contribution in [-0.4, -0.2) is 61.8 Å². The third-order valence-corrected chi connectivity index (χ3v) is 5.73. The van der Waals surface area contributed by atoms with E-state index in [0.29, 0.717) is 18.0 Å². The molecule has 1 amide bonds. The smallest absolute Gasteiger partial charge is 0.265 e. The molecular formula is C23H29N3O3. The monoisotopic (exact) mass is 395 g/mol. The summed E-state index contributed by atoms with van der Waals surface area (Å²) in [4.78, 5) is 17.5. The van der Waals surface area contributed by atoms with Gasteiger partial charge in [0, 0.05) is 44.5 Å². The van der Waals surface area contributed by atoms with E-state index in [1.807, 2.05) is 37.3 Å². The maximum absolute atomic E-state index is 12.7. The summed E-state index contributed by atoms with van der Waals surface area (Å²) in [6.45, 7) is 8.59. The topological polar surface area (TPSA) is 54.0 Å². The van der Waals surface area contributed by atoms with E-state index in [-0.39, 0.29) is 18.1 Å². The lowest BCUT2D eigenvalue weighted by molar-refractivity contribution is -0.133. The van der Waals surface area contributed by atoms with E-state index in [1.54, 1.807) is 0 Å². The number of hydrogen-bond acceptors (Lipinski definition) is 5. The summed E-state index contributed by atoms with van der Waals surface area (Å²) < 4.78 is 11.7. The molecule has 0 saturated carbocycles. The van der Waals surface area contributed by atoms with Crippen LogP contribution in [0, 0.1) is 0 Å². The molecule has 154 valence electrons. The number of para-hydroxylation sites is 3. The second kappa shape index (κ2) is 8.74. The number of nitrogens with zero attached hydrogens (tertiary/aromatic N) is 2. The fourth-order valence-electron chi connectivity index (χ4n) is 3.94. The molecule has 0 bridgehead atoms. The summed E-state index contributed by atoms with van der Waals surface area (Å²) in [5.41, 5.74) is 1.27. The molecule has 2 aromatic carbocycles. The number of benzene rings is 2. The predicted molar refractivity (Wildman–Crippen MR) is 114 cm³/mol. The molecule has 1 fully saturated rings. The van der Waals surface area contributed by atoms with Gasteiger partial charge in [-0.2, -0.15) is 0 Å². The molecule has 2 heterocycles. The zero-order chi connectivity index (χ0) is 20.2. The van der Waals surface area contributed by atoms with Crippen molar-refractivity contribution in [3.8, 4) is 11.5 Å². The molecule has 2 aromatic rings. The number of fused-ring (bicyclic) bond motifs is 1. The highest BCUT2D eigenvalue weighted by Gasteiger charge is 2.34. The highest BCUT2D eigenvalue weighted by atomic mass is 16.6. The number of rotatable bonds is 5. The predicted octanol–water partition coefficient (Wildman–Crippen LogP) is 2.54. The highest BCUT2D eigenvalue weighted by molar-refractivity contribution is 5.82. The molecule has 0 aliphatic carbocycles. The first-order valence-electron chi connectivity index (χ1n) is 10.4. The molecule has 2 aliphatic heterocycles. The van der Waals surface area contributed by atoms with Gasteiger partial charge in [-0.05, 0) is 38.1 Å². The summed E-state index contributed by atoms with van der Waals surface area (Å²) in [7, 11) is 0. The van der Waals surface area contributed by atoms with E-state index in [1.165, 1.54) is 5.69 Å². The Morgan fingerprint density at radius 2 is 1.62 bits per heavy atom. The zero-order valence-corrected chi connectivity index (χ0v) is 17.1. The third-order valence-electron chi connectivity index (χ3n) is 5.73. The van der Waals surface area contributed by atoms with Crippen LogP contribution in [0.5, 0.6) is 11.5 Å². The molecular weight excluding hydrogens is 366 g/mol. The molecule has 1 N–H and O–H groups in total. The van der Waals surface area contributed by atoms with E-state index in [0.717, 1.165) is 26.2 Å². The molecule has 0 radical (unpaired) electrons. The van der Waals surface area contributed by atoms with Gasteiger partial charge in [-0.25, -0.2) is 0 Å². The summed E-state index contributed by atoms with van der Waals surface area (Å²) in [6, 6.07) is 18.3. The molecule has 2 aliphatic rings. The van der Waals surface area contributed by atoms with Crippen LogP contribution in [0.15, 0.2) is 54.6 Å². The number of nitrogens with one attached hydrogen (secondary N) is 1. The number of anilines is 1. The van der Waals surface area contributed by atoms with Gasteiger partial charge in [-0.15, -0.1) is 0 Å². The molecule has 1 saturated heterocycles. The van der Waals surface area contributed by atoms with Crippen molar-refractivity contribution in [2.45, 2.75) is 32.1 Å². The maximum Gasteiger partial charge on any atom is 0.265 e. The van der Waals surface area contributed by atoms with Gasteiger partial charge in [0.05, 0.1) is 0 Å². The number of ether oxygens (including phenoxy) is 2. The fraction of sp³-hybridized carbons (Fsp3) is 0.435. The lowest BCUT2D eigenvalue weighted by Crippen LogP contribution is -2.54. The Labute approximate surface area is 172 Å². The van der Waals surface area contributed by atoms with Crippen molar-refractivity contribution in [2.24, 2.45) is 0 Å². The fourth-order valence-corrected chi connectivity index (χ4v) is 3.94. The van der Waals surface area contributed by atoms with E-state index in [9.17, 15) is 4.79 Å². The standard InChI is InChI=1S/C23H29N3O3/c1-17(25-12-14-26(15-13-25)19-8-4-3-5-9-19)16-24-23(27)22-18(2)28-20-10-6-7-11-21(20)29-22/h3-11,17-18,22H,12-16H2,1-2H3,(H,24,27)/t17-,18+,22+/m1/s1. The number of carbonyl (C=O) groups excluding carboxylic acids is 1. The van der Waals surface area contributed by atoms with Crippen molar-refractivity contribution in [1.82, 2.24) is 10.2 Å². The second-order valence-corrected chi connectivity index (χ2v) is 7.76. The normalized spacial score (nSPS) is 22.8. The van der Waals surface area contributed by atoms with Crippen molar-refractivity contribution in [3.05, 3.63) is 54.6 Å². The van der Waals surface area contributed by atoms with Crippen molar-refractivity contribution in [1.29, 1.82) is 0 Å². The van der Waals surface area contributed by atoms with Crippen LogP contribution in [0.1, 0.15) is 13.8 Å². The van der Waals surface area contributed by atoms with Crippen molar-refractivity contribution >= 4 is 11.6 Å². The molecule has 3 atom stereocenters. The molecule has 6 nitrogen and oxygen atoms in total. The Hall–Kier alpha value is -2.73. The van der Waals surface area contributed by atoms with Gasteiger partial charge in [0.25, 0.3) is 5.91 Å². The maximum atomic E-state index is 12.7. The van der Waals surface area contributed by atoms with Crippen LogP contribution in [0.4, 0.5) is 5.69 Å². The largest absolute Gasteiger partial charge is 0.482 e. The lowest BCUT2D eigenvalue weighted by Gasteiger charge is -2.39. The third kappa shape index (κ3) is 4.48. The number of amides is 1. The van der Waals surface area contributed by atoms with E-state index >= 15 is 0 Å². The zero-order valence-electron chi connectivity index (χ0n) is 17.1. The number of piperazine rings is 1. The Bertz CT molecular complexity index is 821. The van der Waals surface area contributed by atoms with E-state index < -0.39 is 6.10 Å². The van der Waals surface area contributed by atoms with Crippen LogP contribution in [-0.2, 0) is 4.79 Å². The molecule has 0 spiro atoms. The molecule has 0 unspecified atom stereocenters. The lowest BCUT2D eigenvalue weighted by atomic mass is 10.1. The van der Waals surface area contributed by atoms with Gasteiger partial charge < -0.3 is 19.7 Å². The summed E-state index contributed by atoms with van der Waals surface area (Å²) in [6.07, 6.45) is -0.957. The number of hydrogen-bond donors (Lipinski definition) is 1. The van der Waals surface area contributed by atoms with Crippen molar-refractivity contribution in [2.75, 3.05) is 37.6 Å². The SMILES string of the molecule is C[C@@H]1Oc2ccccc2O[C@@H]1C(=O)NC[C@@H](C)N1CCN(c2ccccc2)CC1. The van der Waals surface area contributed by atoms with Crippen molar-refractivity contribution in [3.63, 3.8) is 0 Å². The van der Waals surface area contributed by atoms with Crippen LogP contribution >= 0.6 is 0 Å². The Balaban J connectivity index is 1.26. The number of carbonyl (C=O) groups is 1. The Kier molecular flexibility index (Phi) is 5.90. The van der Waals surface area contributed by atoms with Crippen molar-refractivity contribution < 1.29 is 14.3 Å². The van der Waals surface area contributed by atoms with E-state index in [4.69, 9.17) is 9.47 Å². The molecule has 29 heavy (non-hydrogen) atoms. The Morgan fingerprint density at radius 1 is 1.00 bits per heavy atom. The summed E-state index contributed by atoms with van der Waals surface area (Å²) in [5.74, 6) is 1.19. The first-order valence-corrected chi connectivity index (χ1v) is 10.4. The van der Waals surface area contributed by atoms with Gasteiger partial charge in [0.2, 0.25) is 6.10 Å². The minimum absolute atomic E-state index is 0.123. The molecule has 0 aromatic heterocycles. The average Bonchev–Trinajstić information content (AvgIpc) is 2.77. The average molecular weight is 396 g/mol. The van der Waals surface area contributed by atoms with Crippen LogP contribution in [0.25, 0.3) is 0 Å². The first-order chi connectivity index (χ1) is 14.1.